The van der Waals surface area contributed by atoms with Crippen LogP contribution in [0.1, 0.15) is 25.1 Å². The third-order valence-electron chi connectivity index (χ3n) is 6.41. The number of hydrogen-bond acceptors (Lipinski definition) is 7. The number of thiophene rings is 1. The van der Waals surface area contributed by atoms with Crippen molar-refractivity contribution in [2.45, 2.75) is 32.9 Å². The van der Waals surface area contributed by atoms with Crippen LogP contribution in [-0.2, 0) is 16.1 Å². The Balaban J connectivity index is 1.56. The lowest BCUT2D eigenvalue weighted by atomic mass is 10.0. The minimum Gasteiger partial charge on any atom is -0.378 e. The van der Waals surface area contributed by atoms with Gasteiger partial charge in [0.05, 0.1) is 28.8 Å². The molecule has 0 radical (unpaired) electrons. The molecule has 30 heavy (non-hydrogen) atoms. The molecule has 2 saturated heterocycles. The minimum atomic E-state index is -0.615. The lowest BCUT2D eigenvalue weighted by Crippen LogP contribution is -2.59. The number of pyridine rings is 1. The first-order valence-electron chi connectivity index (χ1n) is 10.5. The molecule has 0 bridgehead atoms. The second kappa shape index (κ2) is 8.59. The van der Waals surface area contributed by atoms with Crippen molar-refractivity contribution in [2.24, 2.45) is 5.73 Å². The monoisotopic (exact) mass is 451 g/mol. The predicted octanol–water partition coefficient (Wildman–Crippen LogP) is 2.48. The number of hydrogen-bond donors (Lipinski definition) is 1. The average Bonchev–Trinajstić information content (AvgIpc) is 3.13. The standard InChI is InChI=1S/C21H30ClN5O2S/c1-14-16(13-25-4-6-27(7-5-25)21(2,3)20(23)28)24-19(26-8-10-29-11-9-26)15-12-17(22)30-18(14)15/h12H,4-11,13H2,1-3H3,(H2,23,28). The van der Waals surface area contributed by atoms with Crippen LogP contribution in [-0.4, -0.2) is 78.7 Å². The lowest BCUT2D eigenvalue weighted by Gasteiger charge is -2.42. The fraction of sp³-hybridized carbons (Fsp3) is 0.619. The van der Waals surface area contributed by atoms with Gasteiger partial charge in [0, 0.05) is 55.9 Å². The van der Waals surface area contributed by atoms with E-state index in [0.29, 0.717) is 0 Å². The Morgan fingerprint density at radius 2 is 1.90 bits per heavy atom. The number of aryl methyl sites for hydroxylation is 1. The number of fused-ring (bicyclic) bond motifs is 1. The molecule has 2 fully saturated rings. The Hall–Kier alpha value is -1.45. The summed E-state index contributed by atoms with van der Waals surface area (Å²) < 4.78 is 7.55. The van der Waals surface area contributed by atoms with Gasteiger partial charge in [-0.05, 0) is 32.4 Å². The second-order valence-corrected chi connectivity index (χ2v) is 10.3. The molecule has 0 atom stereocenters. The van der Waals surface area contributed by atoms with Crippen LogP contribution in [0.25, 0.3) is 10.1 Å². The Kier molecular flexibility index (Phi) is 6.23. The average molecular weight is 452 g/mol. The number of nitrogens with two attached hydrogens (primary N) is 1. The summed E-state index contributed by atoms with van der Waals surface area (Å²) in [5, 5.41) is 1.14. The van der Waals surface area contributed by atoms with Crippen molar-refractivity contribution in [3.05, 3.63) is 21.7 Å². The molecule has 2 aliphatic rings. The zero-order valence-corrected chi connectivity index (χ0v) is 19.5. The van der Waals surface area contributed by atoms with E-state index in [0.717, 1.165) is 80.3 Å². The molecular formula is C21H30ClN5O2S. The maximum absolute atomic E-state index is 11.8. The number of primary amides is 1. The fourth-order valence-electron chi connectivity index (χ4n) is 4.21. The molecule has 2 aliphatic heterocycles. The van der Waals surface area contributed by atoms with E-state index in [9.17, 15) is 4.79 Å². The number of carbonyl (C=O) groups excluding carboxylic acids is 1. The third-order valence-corrected chi connectivity index (χ3v) is 7.79. The molecule has 0 aromatic carbocycles. The van der Waals surface area contributed by atoms with Crippen molar-refractivity contribution < 1.29 is 9.53 Å². The van der Waals surface area contributed by atoms with E-state index in [4.69, 9.17) is 27.1 Å². The highest BCUT2D eigenvalue weighted by molar-refractivity contribution is 7.22. The van der Waals surface area contributed by atoms with Crippen molar-refractivity contribution >= 4 is 44.7 Å². The molecule has 7 nitrogen and oxygen atoms in total. The van der Waals surface area contributed by atoms with Gasteiger partial charge in [-0.25, -0.2) is 4.98 Å². The third kappa shape index (κ3) is 4.16. The molecule has 2 N–H and O–H groups in total. The molecule has 2 aromatic rings. The van der Waals surface area contributed by atoms with Gasteiger partial charge in [0.2, 0.25) is 5.91 Å². The second-order valence-electron chi connectivity index (χ2n) is 8.59. The Morgan fingerprint density at radius 3 is 2.53 bits per heavy atom. The van der Waals surface area contributed by atoms with Gasteiger partial charge in [-0.1, -0.05) is 11.6 Å². The van der Waals surface area contributed by atoms with Crippen LogP contribution >= 0.6 is 22.9 Å². The molecule has 1 amide bonds. The summed E-state index contributed by atoms with van der Waals surface area (Å²) >= 11 is 8.02. The molecule has 0 unspecified atom stereocenters. The van der Waals surface area contributed by atoms with Crippen LogP contribution in [0.15, 0.2) is 6.07 Å². The van der Waals surface area contributed by atoms with Gasteiger partial charge in [-0.3, -0.25) is 14.6 Å². The number of rotatable bonds is 5. The van der Waals surface area contributed by atoms with E-state index in [-0.39, 0.29) is 5.91 Å². The topological polar surface area (TPSA) is 74.9 Å². The van der Waals surface area contributed by atoms with E-state index in [1.54, 1.807) is 11.3 Å². The highest BCUT2D eigenvalue weighted by Gasteiger charge is 2.35. The number of halogens is 1. The molecular weight excluding hydrogens is 422 g/mol. The fourth-order valence-corrected chi connectivity index (χ4v) is 5.45. The zero-order valence-electron chi connectivity index (χ0n) is 17.9. The summed E-state index contributed by atoms with van der Waals surface area (Å²) in [7, 11) is 0. The maximum atomic E-state index is 11.8. The molecule has 164 valence electrons. The van der Waals surface area contributed by atoms with E-state index >= 15 is 0 Å². The van der Waals surface area contributed by atoms with Crippen molar-refractivity contribution in [1.29, 1.82) is 0 Å². The first kappa shape index (κ1) is 21.8. The van der Waals surface area contributed by atoms with Gasteiger partial charge in [-0.2, -0.15) is 0 Å². The number of amides is 1. The van der Waals surface area contributed by atoms with Gasteiger partial charge >= 0.3 is 0 Å². The Morgan fingerprint density at radius 1 is 1.23 bits per heavy atom. The number of anilines is 1. The van der Waals surface area contributed by atoms with Gasteiger partial charge in [-0.15, -0.1) is 11.3 Å². The smallest absolute Gasteiger partial charge is 0.237 e. The summed E-state index contributed by atoms with van der Waals surface area (Å²) in [6, 6.07) is 2.04. The van der Waals surface area contributed by atoms with E-state index in [2.05, 4.69) is 21.6 Å². The van der Waals surface area contributed by atoms with Crippen LogP contribution in [0, 0.1) is 6.92 Å². The maximum Gasteiger partial charge on any atom is 0.237 e. The number of carbonyl (C=O) groups is 1. The van der Waals surface area contributed by atoms with Crippen LogP contribution < -0.4 is 10.6 Å². The lowest BCUT2D eigenvalue weighted by molar-refractivity contribution is -0.129. The minimum absolute atomic E-state index is 0.274. The zero-order chi connectivity index (χ0) is 21.5. The van der Waals surface area contributed by atoms with Crippen LogP contribution in [0.4, 0.5) is 5.82 Å². The van der Waals surface area contributed by atoms with Gasteiger partial charge in [0.15, 0.2) is 0 Å². The number of aromatic nitrogens is 1. The summed E-state index contributed by atoms with van der Waals surface area (Å²) in [6.07, 6.45) is 0. The number of morpholine rings is 1. The summed E-state index contributed by atoms with van der Waals surface area (Å²) in [4.78, 5) is 23.8. The molecule has 4 heterocycles. The quantitative estimate of drug-likeness (QED) is 0.752. The summed E-state index contributed by atoms with van der Waals surface area (Å²) in [5.74, 6) is 0.745. The van der Waals surface area contributed by atoms with Crippen LogP contribution in [0.2, 0.25) is 4.34 Å². The summed E-state index contributed by atoms with van der Waals surface area (Å²) in [6.45, 7) is 13.3. The normalized spacial score (nSPS) is 19.5. The van der Waals surface area contributed by atoms with E-state index < -0.39 is 5.54 Å². The van der Waals surface area contributed by atoms with Gasteiger partial charge in [0.1, 0.15) is 5.82 Å². The molecule has 0 saturated carbocycles. The van der Waals surface area contributed by atoms with Crippen molar-refractivity contribution in [2.75, 3.05) is 57.4 Å². The van der Waals surface area contributed by atoms with Crippen LogP contribution in [0.5, 0.6) is 0 Å². The SMILES string of the molecule is Cc1c(CN2CCN(C(C)(C)C(N)=O)CC2)nc(N2CCOCC2)c2cc(Cl)sc12. The Bertz CT molecular complexity index is 933. The van der Waals surface area contributed by atoms with Crippen molar-refractivity contribution in [1.82, 2.24) is 14.8 Å². The highest BCUT2D eigenvalue weighted by Crippen LogP contribution is 2.38. The largest absolute Gasteiger partial charge is 0.378 e. The van der Waals surface area contributed by atoms with Gasteiger partial charge in [0.25, 0.3) is 0 Å². The molecule has 0 spiro atoms. The first-order chi connectivity index (χ1) is 14.3. The number of nitrogens with zero attached hydrogens (tertiary/aromatic N) is 4. The number of piperazine rings is 1. The Labute approximate surface area is 186 Å². The molecule has 4 rings (SSSR count). The number of ether oxygens (including phenoxy) is 1. The van der Waals surface area contributed by atoms with Crippen molar-refractivity contribution in [3.63, 3.8) is 0 Å². The van der Waals surface area contributed by atoms with Crippen LogP contribution in [0.3, 0.4) is 0 Å². The molecule has 9 heteroatoms. The summed E-state index contributed by atoms with van der Waals surface area (Å²) in [5.41, 5.74) is 7.29. The van der Waals surface area contributed by atoms with Gasteiger partial charge < -0.3 is 15.4 Å². The van der Waals surface area contributed by atoms with E-state index in [1.807, 2.05) is 19.9 Å². The molecule has 2 aromatic heterocycles. The van der Waals surface area contributed by atoms with Crippen molar-refractivity contribution in [3.8, 4) is 0 Å². The predicted molar refractivity (Wildman–Crippen MR) is 123 cm³/mol. The first-order valence-corrected chi connectivity index (χ1v) is 11.7. The molecule has 0 aliphatic carbocycles. The highest BCUT2D eigenvalue weighted by atomic mass is 35.5. The van der Waals surface area contributed by atoms with E-state index in [1.165, 1.54) is 10.3 Å².